The van der Waals surface area contributed by atoms with E-state index in [2.05, 4.69) is 45.1 Å². The van der Waals surface area contributed by atoms with Gasteiger partial charge in [0.15, 0.2) is 0 Å². The zero-order valence-corrected chi connectivity index (χ0v) is 17.2. The number of benzene rings is 2. The minimum absolute atomic E-state index is 0.00957. The molecule has 0 saturated carbocycles. The highest BCUT2D eigenvalue weighted by atomic mass is 16.2. The highest BCUT2D eigenvalue weighted by Crippen LogP contribution is 2.29. The van der Waals surface area contributed by atoms with E-state index in [4.69, 9.17) is 0 Å². The van der Waals surface area contributed by atoms with Crippen molar-refractivity contribution in [2.24, 2.45) is 0 Å². The molecule has 0 unspecified atom stereocenters. The Morgan fingerprint density at radius 1 is 1.03 bits per heavy atom. The lowest BCUT2D eigenvalue weighted by atomic mass is 10.1. The molecule has 1 amide bonds. The SMILES string of the molecule is CN(C)c1cccc(CN(C)c2ccc(C(=O)N3CCc4ccccc43)cn2)c1. The maximum Gasteiger partial charge on any atom is 0.259 e. The molecule has 1 aliphatic heterocycles. The molecule has 1 aromatic heterocycles. The minimum atomic E-state index is 0.00957. The molecule has 2 heterocycles. The fourth-order valence-electron chi connectivity index (χ4n) is 3.73. The Labute approximate surface area is 172 Å². The molecule has 0 bridgehead atoms. The van der Waals surface area contributed by atoms with E-state index in [-0.39, 0.29) is 5.91 Å². The number of hydrogen-bond donors (Lipinski definition) is 0. The van der Waals surface area contributed by atoms with Crippen LogP contribution in [0.2, 0.25) is 0 Å². The first-order valence-electron chi connectivity index (χ1n) is 9.86. The van der Waals surface area contributed by atoms with Crippen molar-refractivity contribution in [1.82, 2.24) is 4.98 Å². The van der Waals surface area contributed by atoms with E-state index in [9.17, 15) is 4.79 Å². The first kappa shape index (κ1) is 19.0. The van der Waals surface area contributed by atoms with Gasteiger partial charge in [0.05, 0.1) is 5.56 Å². The number of aromatic nitrogens is 1. The Hall–Kier alpha value is -3.34. The van der Waals surface area contributed by atoms with Crippen LogP contribution in [0.1, 0.15) is 21.5 Å². The summed E-state index contributed by atoms with van der Waals surface area (Å²) in [7, 11) is 6.10. The van der Waals surface area contributed by atoms with Crippen molar-refractivity contribution in [3.05, 3.63) is 83.6 Å². The molecule has 0 spiro atoms. The number of nitrogens with zero attached hydrogens (tertiary/aromatic N) is 4. The topological polar surface area (TPSA) is 39.7 Å². The average Bonchev–Trinajstić information content (AvgIpc) is 3.17. The molecule has 29 heavy (non-hydrogen) atoms. The molecular weight excluding hydrogens is 360 g/mol. The van der Waals surface area contributed by atoms with E-state index in [1.54, 1.807) is 6.20 Å². The Kier molecular flexibility index (Phi) is 5.21. The predicted octanol–water partition coefficient (Wildman–Crippen LogP) is 3.99. The molecule has 5 heteroatoms. The molecule has 5 nitrogen and oxygen atoms in total. The number of carbonyl (C=O) groups is 1. The van der Waals surface area contributed by atoms with Gasteiger partial charge in [0.1, 0.15) is 5.82 Å². The zero-order valence-electron chi connectivity index (χ0n) is 17.2. The van der Waals surface area contributed by atoms with E-state index < -0.39 is 0 Å². The van der Waals surface area contributed by atoms with Crippen LogP contribution in [0, 0.1) is 0 Å². The van der Waals surface area contributed by atoms with Crippen LogP contribution < -0.4 is 14.7 Å². The number of pyridine rings is 1. The second-order valence-electron chi connectivity index (χ2n) is 7.66. The van der Waals surface area contributed by atoms with Gasteiger partial charge in [0, 0.05) is 51.8 Å². The van der Waals surface area contributed by atoms with Gasteiger partial charge in [-0.25, -0.2) is 4.98 Å². The third-order valence-electron chi connectivity index (χ3n) is 5.36. The summed E-state index contributed by atoms with van der Waals surface area (Å²) in [5, 5.41) is 0. The first-order chi connectivity index (χ1) is 14.0. The molecule has 0 aliphatic carbocycles. The molecule has 148 valence electrons. The molecule has 4 rings (SSSR count). The van der Waals surface area contributed by atoms with Gasteiger partial charge in [-0.1, -0.05) is 30.3 Å². The summed E-state index contributed by atoms with van der Waals surface area (Å²) in [6.07, 6.45) is 2.59. The van der Waals surface area contributed by atoms with Crippen LogP contribution in [-0.4, -0.2) is 38.6 Å². The van der Waals surface area contributed by atoms with E-state index in [0.29, 0.717) is 5.56 Å². The second kappa shape index (κ2) is 7.95. The summed E-state index contributed by atoms with van der Waals surface area (Å²) >= 11 is 0. The highest BCUT2D eigenvalue weighted by molar-refractivity contribution is 6.07. The van der Waals surface area contributed by atoms with Gasteiger partial charge in [-0.3, -0.25) is 4.79 Å². The summed E-state index contributed by atoms with van der Waals surface area (Å²) in [4.78, 5) is 23.5. The summed E-state index contributed by atoms with van der Waals surface area (Å²) in [5.41, 5.74) is 5.25. The molecule has 1 aliphatic rings. The summed E-state index contributed by atoms with van der Waals surface area (Å²) < 4.78 is 0. The number of amides is 1. The fraction of sp³-hybridized carbons (Fsp3) is 0.250. The number of fused-ring (bicyclic) bond motifs is 1. The van der Waals surface area contributed by atoms with Gasteiger partial charge >= 0.3 is 0 Å². The minimum Gasteiger partial charge on any atom is -0.378 e. The fourth-order valence-corrected chi connectivity index (χ4v) is 3.73. The first-order valence-corrected chi connectivity index (χ1v) is 9.86. The Bertz CT molecular complexity index is 1010. The summed E-state index contributed by atoms with van der Waals surface area (Å²) in [6, 6.07) is 20.4. The van der Waals surface area contributed by atoms with Gasteiger partial charge in [0.25, 0.3) is 5.91 Å². The Morgan fingerprint density at radius 3 is 2.62 bits per heavy atom. The molecule has 2 aromatic carbocycles. The van der Waals surface area contributed by atoms with Crippen LogP contribution in [0.25, 0.3) is 0 Å². The lowest BCUT2D eigenvalue weighted by Gasteiger charge is -2.21. The largest absolute Gasteiger partial charge is 0.378 e. The van der Waals surface area contributed by atoms with Crippen molar-refractivity contribution < 1.29 is 4.79 Å². The van der Waals surface area contributed by atoms with Crippen LogP contribution in [0.5, 0.6) is 0 Å². The summed E-state index contributed by atoms with van der Waals surface area (Å²) in [6.45, 7) is 1.48. The lowest BCUT2D eigenvalue weighted by molar-refractivity contribution is 0.0989. The van der Waals surface area contributed by atoms with Crippen LogP contribution >= 0.6 is 0 Å². The number of para-hydroxylation sites is 1. The smallest absolute Gasteiger partial charge is 0.259 e. The standard InChI is InChI=1S/C24H26N4O/c1-26(2)21-9-6-7-18(15-21)17-27(3)23-12-11-20(16-25-23)24(29)28-14-13-19-8-4-5-10-22(19)28/h4-12,15-16H,13-14,17H2,1-3H3. The molecule has 0 saturated heterocycles. The van der Waals surface area contributed by atoms with Crippen molar-refractivity contribution in [2.45, 2.75) is 13.0 Å². The van der Waals surface area contributed by atoms with E-state index in [0.717, 1.165) is 31.0 Å². The lowest BCUT2D eigenvalue weighted by Crippen LogP contribution is -2.29. The van der Waals surface area contributed by atoms with E-state index in [1.165, 1.54) is 16.8 Å². The van der Waals surface area contributed by atoms with Crippen LogP contribution in [0.15, 0.2) is 66.9 Å². The zero-order chi connectivity index (χ0) is 20.4. The number of anilines is 3. The van der Waals surface area contributed by atoms with Crippen LogP contribution in [0.4, 0.5) is 17.2 Å². The van der Waals surface area contributed by atoms with Gasteiger partial charge in [0.2, 0.25) is 0 Å². The van der Waals surface area contributed by atoms with Crippen LogP contribution in [-0.2, 0) is 13.0 Å². The normalized spacial score (nSPS) is 12.6. The molecule has 3 aromatic rings. The van der Waals surface area contributed by atoms with Crippen LogP contribution in [0.3, 0.4) is 0 Å². The van der Waals surface area contributed by atoms with Crippen molar-refractivity contribution in [2.75, 3.05) is 42.4 Å². The second-order valence-corrected chi connectivity index (χ2v) is 7.66. The third-order valence-corrected chi connectivity index (χ3v) is 5.36. The molecule has 0 atom stereocenters. The molecule has 0 fully saturated rings. The molecule has 0 radical (unpaired) electrons. The Balaban J connectivity index is 1.46. The predicted molar refractivity (Wildman–Crippen MR) is 119 cm³/mol. The number of carbonyl (C=O) groups excluding carboxylic acids is 1. The number of rotatable bonds is 5. The van der Waals surface area contributed by atoms with Crippen molar-refractivity contribution in [3.63, 3.8) is 0 Å². The van der Waals surface area contributed by atoms with E-state index in [1.807, 2.05) is 56.4 Å². The monoisotopic (exact) mass is 386 g/mol. The third kappa shape index (κ3) is 3.94. The van der Waals surface area contributed by atoms with Gasteiger partial charge < -0.3 is 14.7 Å². The maximum absolute atomic E-state index is 13.0. The van der Waals surface area contributed by atoms with E-state index >= 15 is 0 Å². The number of hydrogen-bond acceptors (Lipinski definition) is 4. The van der Waals surface area contributed by atoms with Crippen molar-refractivity contribution >= 4 is 23.1 Å². The van der Waals surface area contributed by atoms with Gasteiger partial charge in [-0.2, -0.15) is 0 Å². The highest BCUT2D eigenvalue weighted by Gasteiger charge is 2.25. The van der Waals surface area contributed by atoms with Crippen molar-refractivity contribution in [3.8, 4) is 0 Å². The summed E-state index contributed by atoms with van der Waals surface area (Å²) in [5.74, 6) is 0.856. The average molecular weight is 386 g/mol. The van der Waals surface area contributed by atoms with Gasteiger partial charge in [-0.15, -0.1) is 0 Å². The quantitative estimate of drug-likeness (QED) is 0.665. The maximum atomic E-state index is 13.0. The Morgan fingerprint density at radius 2 is 1.86 bits per heavy atom. The molecular formula is C24H26N4O. The van der Waals surface area contributed by atoms with Crippen molar-refractivity contribution in [1.29, 1.82) is 0 Å². The molecule has 0 N–H and O–H groups in total. The van der Waals surface area contributed by atoms with Gasteiger partial charge in [-0.05, 0) is 47.9 Å².